The topological polar surface area (TPSA) is 128 Å². The number of hydrogen-bond donors (Lipinski definition) is 2. The van der Waals surface area contributed by atoms with Gasteiger partial charge in [-0.1, -0.05) is 40.4 Å². The van der Waals surface area contributed by atoms with Crippen molar-refractivity contribution in [3.63, 3.8) is 0 Å². The Balaban J connectivity index is 1.76. The van der Waals surface area contributed by atoms with E-state index >= 15 is 0 Å². The number of halogens is 2. The van der Waals surface area contributed by atoms with Gasteiger partial charge in [-0.05, 0) is 46.3 Å². The molecule has 0 amide bonds. The van der Waals surface area contributed by atoms with Crippen molar-refractivity contribution < 1.29 is 9.53 Å². The maximum Gasteiger partial charge on any atom is 0.337 e. The van der Waals surface area contributed by atoms with Crippen molar-refractivity contribution in [1.29, 1.82) is 0 Å². The van der Waals surface area contributed by atoms with Gasteiger partial charge >= 0.3 is 5.97 Å². The fraction of sp³-hybridized carbons (Fsp3) is 0.100. The molecule has 2 N–H and O–H groups in total. The molecule has 2 aromatic carbocycles. The van der Waals surface area contributed by atoms with Crippen LogP contribution in [0.2, 0.25) is 10.0 Å². The molecule has 1 aliphatic rings. The van der Waals surface area contributed by atoms with Gasteiger partial charge in [-0.2, -0.15) is 9.78 Å². The molecule has 0 unspecified atom stereocenters. The van der Waals surface area contributed by atoms with Gasteiger partial charge in [0.25, 0.3) is 5.56 Å². The number of nitrogens with one attached hydrogen (secondary N) is 2. The maximum atomic E-state index is 12.7. The molecule has 3 heterocycles. The number of fused-ring (bicyclic) bond motifs is 2. The second-order valence-electron chi connectivity index (χ2n) is 6.90. The van der Waals surface area contributed by atoms with E-state index < -0.39 is 17.6 Å². The summed E-state index contributed by atoms with van der Waals surface area (Å²) in [5.74, 6) is -0.179. The number of methoxy groups -OCH3 is 1. The van der Waals surface area contributed by atoms with Crippen molar-refractivity contribution in [1.82, 2.24) is 30.4 Å². The Morgan fingerprint density at radius 1 is 1.16 bits per heavy atom. The first kappa shape index (κ1) is 20.2. The fourth-order valence-electron chi connectivity index (χ4n) is 3.65. The standard InChI is InChI=1S/C20H13Cl2N7O3/c1-32-19(31)10-4-2-9(3-5-10)17-14-15(12-7-6-11(21)8-13(12)22)24-25-18(30)16(14)23-20-26-27-28-29(17)20/h2-8,17H,1H3,(H,25,30)(H,23,26,28)/t17-/m1/s1. The highest BCUT2D eigenvalue weighted by atomic mass is 35.5. The van der Waals surface area contributed by atoms with Crippen LogP contribution >= 0.6 is 23.2 Å². The van der Waals surface area contributed by atoms with Gasteiger partial charge in [0, 0.05) is 16.1 Å². The van der Waals surface area contributed by atoms with E-state index in [2.05, 4.69) is 31.0 Å². The molecule has 5 rings (SSSR count). The van der Waals surface area contributed by atoms with E-state index in [-0.39, 0.29) is 11.6 Å². The second kappa shape index (κ2) is 7.74. The molecular weight excluding hydrogens is 457 g/mol. The van der Waals surface area contributed by atoms with Gasteiger partial charge in [-0.25, -0.2) is 9.89 Å². The minimum absolute atomic E-state index is 0.241. The summed E-state index contributed by atoms with van der Waals surface area (Å²) < 4.78 is 6.30. The van der Waals surface area contributed by atoms with E-state index in [1.807, 2.05) is 0 Å². The number of carbonyl (C=O) groups excluding carboxylic acids is 1. The zero-order valence-corrected chi connectivity index (χ0v) is 17.8. The number of rotatable bonds is 3. The van der Waals surface area contributed by atoms with Crippen LogP contribution in [0.3, 0.4) is 0 Å². The number of anilines is 2. The van der Waals surface area contributed by atoms with E-state index in [9.17, 15) is 9.59 Å². The summed E-state index contributed by atoms with van der Waals surface area (Å²) in [6.07, 6.45) is 0. The quantitative estimate of drug-likeness (QED) is 0.385. The highest BCUT2D eigenvalue weighted by molar-refractivity contribution is 6.36. The Morgan fingerprint density at radius 2 is 1.94 bits per heavy atom. The van der Waals surface area contributed by atoms with Gasteiger partial charge in [0.1, 0.15) is 17.4 Å². The Labute approximate surface area is 190 Å². The van der Waals surface area contributed by atoms with Gasteiger partial charge in [-0.15, -0.1) is 0 Å². The monoisotopic (exact) mass is 469 g/mol. The van der Waals surface area contributed by atoms with E-state index in [1.165, 1.54) is 11.8 Å². The molecule has 10 nitrogen and oxygen atoms in total. The Morgan fingerprint density at radius 3 is 2.66 bits per heavy atom. The van der Waals surface area contributed by atoms with Crippen LogP contribution in [-0.4, -0.2) is 43.5 Å². The van der Waals surface area contributed by atoms with Crippen molar-refractivity contribution in [3.8, 4) is 11.3 Å². The third-order valence-corrected chi connectivity index (χ3v) is 5.65. The van der Waals surface area contributed by atoms with Crippen LogP contribution in [-0.2, 0) is 4.74 Å². The molecule has 0 aliphatic carbocycles. The highest BCUT2D eigenvalue weighted by Crippen LogP contribution is 2.42. The molecule has 12 heteroatoms. The molecule has 1 atom stereocenters. The van der Waals surface area contributed by atoms with Gasteiger partial charge < -0.3 is 10.1 Å². The lowest BCUT2D eigenvalue weighted by atomic mass is 9.92. The van der Waals surface area contributed by atoms with Gasteiger partial charge in [0.2, 0.25) is 5.95 Å². The van der Waals surface area contributed by atoms with Crippen LogP contribution in [0.5, 0.6) is 0 Å². The average Bonchev–Trinajstić information content (AvgIpc) is 3.27. The van der Waals surface area contributed by atoms with Crippen LogP contribution in [0.25, 0.3) is 11.3 Å². The summed E-state index contributed by atoms with van der Waals surface area (Å²) in [6, 6.07) is 11.1. The zero-order chi connectivity index (χ0) is 22.4. The summed E-state index contributed by atoms with van der Waals surface area (Å²) >= 11 is 12.5. The van der Waals surface area contributed by atoms with Crippen LogP contribution in [0, 0.1) is 0 Å². The molecule has 0 radical (unpaired) electrons. The smallest absolute Gasteiger partial charge is 0.337 e. The van der Waals surface area contributed by atoms with Crippen LogP contribution in [0.4, 0.5) is 11.6 Å². The summed E-state index contributed by atoms with van der Waals surface area (Å²) in [6.45, 7) is 0. The van der Waals surface area contributed by atoms with Crippen molar-refractivity contribution in [3.05, 3.63) is 79.6 Å². The number of carbonyl (C=O) groups is 1. The number of tetrazole rings is 1. The van der Waals surface area contributed by atoms with Gasteiger partial charge in [0.05, 0.1) is 17.7 Å². The molecule has 0 fully saturated rings. The zero-order valence-electron chi connectivity index (χ0n) is 16.3. The molecular formula is C20H13Cl2N7O3. The molecule has 4 aromatic rings. The van der Waals surface area contributed by atoms with Gasteiger partial charge in [0.15, 0.2) is 0 Å². The number of aromatic nitrogens is 6. The van der Waals surface area contributed by atoms with Crippen LogP contribution in [0.1, 0.15) is 27.5 Å². The van der Waals surface area contributed by atoms with Gasteiger partial charge in [-0.3, -0.25) is 4.79 Å². The third kappa shape index (κ3) is 3.20. The number of hydrogen-bond acceptors (Lipinski definition) is 8. The first-order valence-electron chi connectivity index (χ1n) is 9.29. The average molecular weight is 470 g/mol. The third-order valence-electron chi connectivity index (χ3n) is 5.10. The molecule has 0 bridgehead atoms. The normalized spacial score (nSPS) is 14.3. The number of aromatic amines is 1. The minimum Gasteiger partial charge on any atom is -0.465 e. The summed E-state index contributed by atoms with van der Waals surface area (Å²) in [5, 5.41) is 22.4. The molecule has 160 valence electrons. The first-order valence-corrected chi connectivity index (χ1v) is 10.0. The molecule has 32 heavy (non-hydrogen) atoms. The van der Waals surface area contributed by atoms with Crippen molar-refractivity contribution in [2.75, 3.05) is 12.4 Å². The predicted octanol–water partition coefficient (Wildman–Crippen LogP) is 3.21. The van der Waals surface area contributed by atoms with E-state index in [1.54, 1.807) is 42.5 Å². The van der Waals surface area contributed by atoms with E-state index in [4.69, 9.17) is 27.9 Å². The lowest BCUT2D eigenvalue weighted by Crippen LogP contribution is -2.29. The van der Waals surface area contributed by atoms with E-state index in [0.29, 0.717) is 38.0 Å². The molecule has 0 saturated heterocycles. The number of benzene rings is 2. The maximum absolute atomic E-state index is 12.7. The number of ether oxygens (including phenoxy) is 1. The Hall–Kier alpha value is -3.76. The first-order chi connectivity index (χ1) is 15.5. The lowest BCUT2D eigenvalue weighted by molar-refractivity contribution is 0.0600. The largest absolute Gasteiger partial charge is 0.465 e. The highest BCUT2D eigenvalue weighted by Gasteiger charge is 2.34. The molecule has 0 spiro atoms. The molecule has 0 saturated carbocycles. The Bertz CT molecular complexity index is 1420. The number of H-pyrrole nitrogens is 1. The van der Waals surface area contributed by atoms with Crippen molar-refractivity contribution >= 4 is 40.8 Å². The predicted molar refractivity (Wildman–Crippen MR) is 116 cm³/mol. The van der Waals surface area contributed by atoms with Crippen LogP contribution < -0.4 is 10.9 Å². The molecule has 2 aromatic heterocycles. The Kier molecular flexibility index (Phi) is 4.87. The lowest BCUT2D eigenvalue weighted by Gasteiger charge is -2.28. The minimum atomic E-state index is -0.625. The fourth-order valence-corrected chi connectivity index (χ4v) is 4.15. The second-order valence-corrected chi connectivity index (χ2v) is 7.75. The summed E-state index contributed by atoms with van der Waals surface area (Å²) in [7, 11) is 1.31. The summed E-state index contributed by atoms with van der Waals surface area (Å²) in [5.41, 5.74) is 2.41. The van der Waals surface area contributed by atoms with Crippen LogP contribution in [0.15, 0.2) is 47.3 Å². The van der Waals surface area contributed by atoms with Crippen molar-refractivity contribution in [2.45, 2.75) is 6.04 Å². The van der Waals surface area contributed by atoms with E-state index in [0.717, 1.165) is 0 Å². The number of nitrogens with zero attached hydrogens (tertiary/aromatic N) is 5. The summed E-state index contributed by atoms with van der Waals surface area (Å²) in [4.78, 5) is 24.6. The van der Waals surface area contributed by atoms with Crippen molar-refractivity contribution in [2.24, 2.45) is 0 Å². The molecule has 1 aliphatic heterocycles. The number of esters is 1. The SMILES string of the molecule is COC(=O)c1ccc([C@@H]2c3c(-c4ccc(Cl)cc4Cl)n[nH]c(=O)c3Nc3nnnn32)cc1.